The van der Waals surface area contributed by atoms with Crippen molar-refractivity contribution in [3.05, 3.63) is 54.0 Å². The summed E-state index contributed by atoms with van der Waals surface area (Å²) in [5, 5.41) is 3.43. The Kier molecular flexibility index (Phi) is 5.12. The highest BCUT2D eigenvalue weighted by Gasteiger charge is 2.16. The lowest BCUT2D eigenvalue weighted by molar-refractivity contribution is 0.0367. The third-order valence-corrected chi connectivity index (χ3v) is 4.00. The maximum absolute atomic E-state index is 12.2. The number of carbonyl (C=O) groups excluding carboxylic acids is 2. The minimum Gasteiger partial charge on any atom is -0.458 e. The topological polar surface area (TPSA) is 82.5 Å². The number of rotatable bonds is 5. The number of nitrogens with one attached hydrogen (secondary N) is 1. The van der Waals surface area contributed by atoms with E-state index in [0.717, 1.165) is 10.9 Å². The molecule has 2 aromatic heterocycles. The summed E-state index contributed by atoms with van der Waals surface area (Å²) in [5.41, 5.74) is 1.58. The van der Waals surface area contributed by atoms with Gasteiger partial charge in [-0.05, 0) is 38.1 Å². The van der Waals surface area contributed by atoms with Gasteiger partial charge in [0.15, 0.2) is 0 Å². The first kappa shape index (κ1) is 18.4. The molecule has 0 bridgehead atoms. The molecule has 0 unspecified atom stereocenters. The normalized spacial score (nSPS) is 10.9. The van der Waals surface area contributed by atoms with Gasteiger partial charge in [-0.25, -0.2) is 4.79 Å². The molecule has 0 spiro atoms. The Morgan fingerprint density at radius 1 is 1.11 bits per heavy atom. The van der Waals surface area contributed by atoms with E-state index in [1.54, 1.807) is 42.9 Å². The number of esters is 1. The smallest absolute Gasteiger partial charge is 0.355 e. The van der Waals surface area contributed by atoms with Gasteiger partial charge in [0.05, 0.1) is 11.6 Å². The monoisotopic (exact) mass is 367 g/mol. The summed E-state index contributed by atoms with van der Waals surface area (Å²) in [4.78, 5) is 28.0. The van der Waals surface area contributed by atoms with Crippen molar-refractivity contribution in [3.63, 3.8) is 0 Å². The van der Waals surface area contributed by atoms with E-state index < -0.39 is 0 Å². The number of hydrogen-bond donors (Lipinski definition) is 1. The van der Waals surface area contributed by atoms with Gasteiger partial charge in [-0.2, -0.15) is 0 Å². The Balaban J connectivity index is 1.90. The molecule has 3 aromatic rings. The van der Waals surface area contributed by atoms with E-state index >= 15 is 0 Å². The highest BCUT2D eigenvalue weighted by Crippen LogP contribution is 2.28. The van der Waals surface area contributed by atoms with E-state index in [9.17, 15) is 9.59 Å². The summed E-state index contributed by atoms with van der Waals surface area (Å²) in [7, 11) is 3.35. The molecule has 0 saturated carbocycles. The number of amides is 1. The molecular formula is C20H21N3O4. The number of carbonyl (C=O) groups is 2. The van der Waals surface area contributed by atoms with Gasteiger partial charge in [0.25, 0.3) is 5.91 Å². The second-order valence-electron chi connectivity index (χ2n) is 6.32. The molecule has 1 N–H and O–H groups in total. The van der Waals surface area contributed by atoms with Gasteiger partial charge in [0, 0.05) is 37.8 Å². The van der Waals surface area contributed by atoms with Crippen LogP contribution in [-0.4, -0.2) is 34.6 Å². The van der Waals surface area contributed by atoms with Crippen LogP contribution in [0.3, 0.4) is 0 Å². The molecule has 0 atom stereocenters. The van der Waals surface area contributed by atoms with E-state index in [0.29, 0.717) is 17.2 Å². The molecule has 7 heteroatoms. The fourth-order valence-electron chi connectivity index (χ4n) is 2.71. The molecule has 3 rings (SSSR count). The fourth-order valence-corrected chi connectivity index (χ4v) is 2.71. The Morgan fingerprint density at radius 2 is 1.85 bits per heavy atom. The lowest BCUT2D eigenvalue weighted by atomic mass is 10.2. The van der Waals surface area contributed by atoms with Crippen molar-refractivity contribution in [1.29, 1.82) is 0 Å². The maximum Gasteiger partial charge on any atom is 0.355 e. The molecule has 0 fully saturated rings. The van der Waals surface area contributed by atoms with Crippen molar-refractivity contribution in [2.24, 2.45) is 7.05 Å². The number of benzene rings is 1. The summed E-state index contributed by atoms with van der Waals surface area (Å²) in [6.45, 7) is 3.63. The van der Waals surface area contributed by atoms with Crippen LogP contribution in [0.15, 0.2) is 42.6 Å². The molecule has 140 valence electrons. The predicted octanol–water partition coefficient (Wildman–Crippen LogP) is 3.29. The summed E-state index contributed by atoms with van der Waals surface area (Å²) in [6.07, 6.45) is 1.33. The van der Waals surface area contributed by atoms with Crippen LogP contribution in [0, 0.1) is 0 Å². The number of aryl methyl sites for hydroxylation is 1. The molecular weight excluding hydrogens is 346 g/mol. The molecule has 0 saturated heterocycles. The highest BCUT2D eigenvalue weighted by molar-refractivity contribution is 5.96. The lowest BCUT2D eigenvalue weighted by Gasteiger charge is -2.09. The fraction of sp³-hybridized carbons (Fsp3) is 0.250. The molecule has 0 aliphatic carbocycles. The third-order valence-electron chi connectivity index (χ3n) is 4.00. The van der Waals surface area contributed by atoms with Gasteiger partial charge >= 0.3 is 5.97 Å². The molecule has 0 aliphatic heterocycles. The average molecular weight is 367 g/mol. The minimum atomic E-state index is -0.365. The van der Waals surface area contributed by atoms with Crippen LogP contribution < -0.4 is 10.1 Å². The second kappa shape index (κ2) is 7.49. The van der Waals surface area contributed by atoms with E-state index in [1.165, 1.54) is 6.20 Å². The summed E-state index contributed by atoms with van der Waals surface area (Å²) in [5.74, 6) is 0.431. The van der Waals surface area contributed by atoms with Crippen molar-refractivity contribution in [2.45, 2.75) is 20.0 Å². The van der Waals surface area contributed by atoms with Crippen LogP contribution >= 0.6 is 0 Å². The SMILES string of the molecule is CNC(=O)c1cc(Oc2ccc3cc(C(=O)OC(C)C)n(C)c3c2)ccn1. The molecule has 0 aliphatic rings. The van der Waals surface area contributed by atoms with Gasteiger partial charge < -0.3 is 19.4 Å². The number of aromatic nitrogens is 2. The number of pyridine rings is 1. The lowest BCUT2D eigenvalue weighted by Crippen LogP contribution is -2.18. The van der Waals surface area contributed by atoms with Crippen LogP contribution in [0.2, 0.25) is 0 Å². The first-order valence-electron chi connectivity index (χ1n) is 8.55. The predicted molar refractivity (Wildman–Crippen MR) is 101 cm³/mol. The minimum absolute atomic E-state index is 0.185. The van der Waals surface area contributed by atoms with Crippen molar-refractivity contribution in [3.8, 4) is 11.5 Å². The first-order chi connectivity index (χ1) is 12.9. The Labute approximate surface area is 156 Å². The van der Waals surface area contributed by atoms with Crippen molar-refractivity contribution >= 4 is 22.8 Å². The van der Waals surface area contributed by atoms with E-state index in [1.807, 2.05) is 26.0 Å². The van der Waals surface area contributed by atoms with Crippen LogP contribution in [0.4, 0.5) is 0 Å². The first-order valence-corrected chi connectivity index (χ1v) is 8.55. The van der Waals surface area contributed by atoms with Gasteiger partial charge in [0.2, 0.25) is 0 Å². The molecule has 0 radical (unpaired) electrons. The zero-order valence-corrected chi connectivity index (χ0v) is 15.6. The van der Waals surface area contributed by atoms with Gasteiger partial charge in [-0.15, -0.1) is 0 Å². The van der Waals surface area contributed by atoms with Gasteiger partial charge in [-0.1, -0.05) is 0 Å². The summed E-state index contributed by atoms with van der Waals surface area (Å²) >= 11 is 0. The third kappa shape index (κ3) is 3.92. The van der Waals surface area contributed by atoms with E-state index in [2.05, 4.69) is 10.3 Å². The van der Waals surface area contributed by atoms with E-state index in [4.69, 9.17) is 9.47 Å². The zero-order chi connectivity index (χ0) is 19.6. The standard InChI is InChI=1S/C20H21N3O4/c1-12(2)26-20(25)18-9-13-5-6-14(11-17(13)23(18)4)27-15-7-8-22-16(10-15)19(24)21-3/h5-12H,1-4H3,(H,21,24). The van der Waals surface area contributed by atoms with Gasteiger partial charge in [-0.3, -0.25) is 9.78 Å². The van der Waals surface area contributed by atoms with Crippen LogP contribution in [-0.2, 0) is 11.8 Å². The molecule has 2 heterocycles. The summed E-state index contributed by atoms with van der Waals surface area (Å²) < 4.78 is 12.9. The summed E-state index contributed by atoms with van der Waals surface area (Å²) in [6, 6.07) is 10.5. The van der Waals surface area contributed by atoms with E-state index in [-0.39, 0.29) is 23.7 Å². The average Bonchev–Trinajstić information content (AvgIpc) is 2.97. The molecule has 1 aromatic carbocycles. The number of fused-ring (bicyclic) bond motifs is 1. The largest absolute Gasteiger partial charge is 0.458 e. The highest BCUT2D eigenvalue weighted by atomic mass is 16.5. The Morgan fingerprint density at radius 3 is 2.56 bits per heavy atom. The van der Waals surface area contributed by atoms with Crippen LogP contribution in [0.25, 0.3) is 10.9 Å². The van der Waals surface area contributed by atoms with Crippen molar-refractivity contribution in [2.75, 3.05) is 7.05 Å². The number of nitrogens with zero attached hydrogens (tertiary/aromatic N) is 2. The zero-order valence-electron chi connectivity index (χ0n) is 15.6. The van der Waals surface area contributed by atoms with Crippen molar-refractivity contribution in [1.82, 2.24) is 14.9 Å². The molecule has 27 heavy (non-hydrogen) atoms. The molecule has 1 amide bonds. The Bertz CT molecular complexity index is 1010. The van der Waals surface area contributed by atoms with Crippen LogP contribution in [0.5, 0.6) is 11.5 Å². The number of hydrogen-bond acceptors (Lipinski definition) is 5. The second-order valence-corrected chi connectivity index (χ2v) is 6.32. The van der Waals surface area contributed by atoms with Crippen LogP contribution in [0.1, 0.15) is 34.8 Å². The Hall–Kier alpha value is -3.35. The van der Waals surface area contributed by atoms with Gasteiger partial charge in [0.1, 0.15) is 22.9 Å². The number of ether oxygens (including phenoxy) is 2. The van der Waals surface area contributed by atoms with Crippen molar-refractivity contribution < 1.29 is 19.1 Å². The maximum atomic E-state index is 12.2. The molecule has 7 nitrogen and oxygen atoms in total. The quantitative estimate of drug-likeness (QED) is 0.700.